The second-order valence-corrected chi connectivity index (χ2v) is 7.78. The van der Waals surface area contributed by atoms with E-state index in [2.05, 4.69) is 77.1 Å². The van der Waals surface area contributed by atoms with Crippen molar-refractivity contribution in [1.82, 2.24) is 15.5 Å². The second-order valence-electron chi connectivity index (χ2n) is 7.78. The smallest absolute Gasteiger partial charge is 0.191 e. The van der Waals surface area contributed by atoms with Gasteiger partial charge < -0.3 is 15.4 Å². The van der Waals surface area contributed by atoms with Crippen molar-refractivity contribution >= 4 is 29.9 Å². The molecule has 1 aliphatic rings. The van der Waals surface area contributed by atoms with Crippen LogP contribution in [-0.4, -0.2) is 43.1 Å². The quantitative estimate of drug-likeness (QED) is 0.280. The van der Waals surface area contributed by atoms with Gasteiger partial charge in [-0.05, 0) is 43.4 Å². The van der Waals surface area contributed by atoms with Crippen molar-refractivity contribution in [2.45, 2.75) is 52.4 Å². The van der Waals surface area contributed by atoms with Crippen LogP contribution >= 0.6 is 24.0 Å². The molecule has 2 aromatic rings. The Morgan fingerprint density at radius 1 is 1.00 bits per heavy atom. The van der Waals surface area contributed by atoms with Gasteiger partial charge in [0.15, 0.2) is 5.96 Å². The number of hydrogen-bond acceptors (Lipinski definition) is 3. The number of ether oxygens (including phenoxy) is 1. The maximum atomic E-state index is 5.60. The van der Waals surface area contributed by atoms with Crippen LogP contribution in [0.1, 0.15) is 43.4 Å². The molecule has 0 radical (unpaired) electrons. The first kappa shape index (κ1) is 25.6. The Balaban J connectivity index is 0.00000341. The van der Waals surface area contributed by atoms with E-state index in [4.69, 9.17) is 9.73 Å². The molecule has 1 aliphatic heterocycles. The molecule has 0 aliphatic carbocycles. The van der Waals surface area contributed by atoms with Gasteiger partial charge in [0.2, 0.25) is 0 Å². The Morgan fingerprint density at radius 3 is 2.35 bits per heavy atom. The Bertz CT molecular complexity index is 776. The minimum atomic E-state index is 0. The predicted molar refractivity (Wildman–Crippen MR) is 140 cm³/mol. The standard InChI is InChI=1S/C25H36N4O.HI/c1-3-26-25(27-18-22-12-8-9-13-23(22)20-30-4-2)28-24-14-16-29(17-15-24)19-21-10-6-5-7-11-21;/h5-13,24H,3-4,14-20H2,1-2H3,(H2,26,27,28);1H. The van der Waals surface area contributed by atoms with Crippen molar-refractivity contribution in [1.29, 1.82) is 0 Å². The van der Waals surface area contributed by atoms with E-state index in [1.165, 1.54) is 16.7 Å². The van der Waals surface area contributed by atoms with Gasteiger partial charge >= 0.3 is 0 Å². The number of nitrogens with one attached hydrogen (secondary N) is 2. The van der Waals surface area contributed by atoms with E-state index in [0.717, 1.165) is 51.6 Å². The first-order chi connectivity index (χ1) is 14.8. The van der Waals surface area contributed by atoms with Crippen molar-refractivity contribution < 1.29 is 4.74 Å². The van der Waals surface area contributed by atoms with Crippen LogP contribution in [0.5, 0.6) is 0 Å². The number of halogens is 1. The lowest BCUT2D eigenvalue weighted by atomic mass is 10.0. The van der Waals surface area contributed by atoms with Gasteiger partial charge in [-0.3, -0.25) is 4.90 Å². The molecule has 0 atom stereocenters. The Morgan fingerprint density at radius 2 is 1.68 bits per heavy atom. The average Bonchev–Trinajstić information content (AvgIpc) is 2.79. The largest absolute Gasteiger partial charge is 0.377 e. The van der Waals surface area contributed by atoms with Gasteiger partial charge in [0.05, 0.1) is 13.2 Å². The minimum Gasteiger partial charge on any atom is -0.377 e. The molecule has 6 heteroatoms. The molecular formula is C25H37IN4O. The number of piperidine rings is 1. The van der Waals surface area contributed by atoms with Crippen LogP contribution in [0.15, 0.2) is 59.6 Å². The minimum absolute atomic E-state index is 0. The Hall–Kier alpha value is -1.64. The highest BCUT2D eigenvalue weighted by Gasteiger charge is 2.20. The summed E-state index contributed by atoms with van der Waals surface area (Å²) in [6, 6.07) is 19.6. The molecular weight excluding hydrogens is 499 g/mol. The number of hydrogen-bond donors (Lipinski definition) is 2. The first-order valence-electron chi connectivity index (χ1n) is 11.2. The molecule has 2 N–H and O–H groups in total. The van der Waals surface area contributed by atoms with E-state index in [0.29, 0.717) is 19.2 Å². The molecule has 31 heavy (non-hydrogen) atoms. The molecule has 3 rings (SSSR count). The Kier molecular flexibility index (Phi) is 11.9. The lowest BCUT2D eigenvalue weighted by molar-refractivity contribution is 0.133. The molecule has 0 saturated carbocycles. The van der Waals surface area contributed by atoms with Crippen LogP contribution in [0.3, 0.4) is 0 Å². The molecule has 0 aromatic heterocycles. The van der Waals surface area contributed by atoms with Crippen LogP contribution in [0.2, 0.25) is 0 Å². The number of rotatable bonds is 9. The maximum Gasteiger partial charge on any atom is 0.191 e. The van der Waals surface area contributed by atoms with Crippen LogP contribution in [-0.2, 0) is 24.4 Å². The van der Waals surface area contributed by atoms with Gasteiger partial charge in [-0.25, -0.2) is 4.99 Å². The van der Waals surface area contributed by atoms with Gasteiger partial charge in [-0.15, -0.1) is 24.0 Å². The summed E-state index contributed by atoms with van der Waals surface area (Å²) in [6.45, 7) is 10.3. The third kappa shape index (κ3) is 8.79. The number of guanidine groups is 1. The summed E-state index contributed by atoms with van der Waals surface area (Å²) < 4.78 is 5.60. The Labute approximate surface area is 204 Å². The molecule has 5 nitrogen and oxygen atoms in total. The van der Waals surface area contributed by atoms with E-state index in [1.54, 1.807) is 0 Å². The monoisotopic (exact) mass is 536 g/mol. The molecule has 0 amide bonds. The number of nitrogens with zero attached hydrogens (tertiary/aromatic N) is 2. The fourth-order valence-electron chi connectivity index (χ4n) is 3.82. The van der Waals surface area contributed by atoms with E-state index in [9.17, 15) is 0 Å². The highest BCUT2D eigenvalue weighted by atomic mass is 127. The van der Waals surface area contributed by atoms with Crippen LogP contribution in [0.25, 0.3) is 0 Å². The molecule has 0 spiro atoms. The molecule has 1 heterocycles. The zero-order valence-electron chi connectivity index (χ0n) is 18.8. The van der Waals surface area contributed by atoms with Crippen molar-refractivity contribution in [3.8, 4) is 0 Å². The lowest BCUT2D eigenvalue weighted by Gasteiger charge is -2.33. The van der Waals surface area contributed by atoms with Gasteiger partial charge in [-0.2, -0.15) is 0 Å². The van der Waals surface area contributed by atoms with E-state index in [1.807, 2.05) is 6.92 Å². The molecule has 170 valence electrons. The van der Waals surface area contributed by atoms with Crippen molar-refractivity contribution in [2.75, 3.05) is 26.2 Å². The summed E-state index contributed by atoms with van der Waals surface area (Å²) in [5.74, 6) is 0.908. The zero-order chi connectivity index (χ0) is 21.0. The maximum absolute atomic E-state index is 5.60. The predicted octanol–water partition coefficient (Wildman–Crippen LogP) is 4.56. The molecule has 0 unspecified atom stereocenters. The fraction of sp³-hybridized carbons (Fsp3) is 0.480. The average molecular weight is 537 g/mol. The molecule has 0 bridgehead atoms. The van der Waals surface area contributed by atoms with Gasteiger partial charge in [0, 0.05) is 38.8 Å². The first-order valence-corrected chi connectivity index (χ1v) is 11.2. The molecule has 2 aromatic carbocycles. The molecule has 1 fully saturated rings. The van der Waals surface area contributed by atoms with Gasteiger partial charge in [0.25, 0.3) is 0 Å². The van der Waals surface area contributed by atoms with E-state index in [-0.39, 0.29) is 24.0 Å². The van der Waals surface area contributed by atoms with Gasteiger partial charge in [-0.1, -0.05) is 54.6 Å². The third-order valence-electron chi connectivity index (χ3n) is 5.51. The van der Waals surface area contributed by atoms with E-state index < -0.39 is 0 Å². The SMILES string of the molecule is CCNC(=NCc1ccccc1COCC)NC1CCN(Cc2ccccc2)CC1.I. The topological polar surface area (TPSA) is 48.9 Å². The van der Waals surface area contributed by atoms with E-state index >= 15 is 0 Å². The third-order valence-corrected chi connectivity index (χ3v) is 5.51. The van der Waals surface area contributed by atoms with Crippen molar-refractivity contribution in [3.63, 3.8) is 0 Å². The summed E-state index contributed by atoms with van der Waals surface area (Å²) in [6.07, 6.45) is 2.27. The van der Waals surface area contributed by atoms with Crippen molar-refractivity contribution in [3.05, 3.63) is 71.3 Å². The van der Waals surface area contributed by atoms with Crippen LogP contribution < -0.4 is 10.6 Å². The van der Waals surface area contributed by atoms with Gasteiger partial charge in [0.1, 0.15) is 0 Å². The zero-order valence-corrected chi connectivity index (χ0v) is 21.2. The normalized spacial score (nSPS) is 15.4. The van der Waals surface area contributed by atoms with Crippen LogP contribution in [0.4, 0.5) is 0 Å². The number of likely N-dealkylation sites (tertiary alicyclic amines) is 1. The van der Waals surface area contributed by atoms with Crippen LogP contribution in [0, 0.1) is 0 Å². The summed E-state index contributed by atoms with van der Waals surface area (Å²) in [5, 5.41) is 7.06. The fourth-order valence-corrected chi connectivity index (χ4v) is 3.82. The second kappa shape index (κ2) is 14.4. The summed E-state index contributed by atoms with van der Waals surface area (Å²) in [5.41, 5.74) is 3.83. The lowest BCUT2D eigenvalue weighted by Crippen LogP contribution is -2.48. The summed E-state index contributed by atoms with van der Waals surface area (Å²) >= 11 is 0. The highest BCUT2D eigenvalue weighted by Crippen LogP contribution is 2.15. The number of aliphatic imine (C=N–C) groups is 1. The van der Waals surface area contributed by atoms with Crippen molar-refractivity contribution in [2.24, 2.45) is 4.99 Å². The molecule has 1 saturated heterocycles. The summed E-state index contributed by atoms with van der Waals surface area (Å²) in [7, 11) is 0. The number of benzene rings is 2. The summed E-state index contributed by atoms with van der Waals surface area (Å²) in [4.78, 5) is 7.40. The highest BCUT2D eigenvalue weighted by molar-refractivity contribution is 14.0.